The SMILES string of the molecule is C=C(c1cccc(Br)c1)c1cccc(OC(F)F)c1.NC1=NC(c2cccc(Br)c2)(c2cccc(OC(F)F)c2)CO1. The number of nitrogens with two attached hydrogens (primary N) is 1. The standard InChI is InChI=1S/C16H13BrF2N2O2.C15H11BrF2O/c17-12-5-1-3-10(7-12)16(9-22-15(20)21-16)11-4-2-6-13(8-11)23-14(18)19;1-10(11-4-2-6-13(16)8-11)12-5-3-7-14(9-12)19-15(17)18/h1-8,14H,9H2,(H2,20,21);2-9,15H,1H2. The molecule has 1 aliphatic heterocycles. The van der Waals surface area contributed by atoms with Crippen LogP contribution in [-0.2, 0) is 10.3 Å². The van der Waals surface area contributed by atoms with E-state index in [1.807, 2.05) is 54.6 Å². The van der Waals surface area contributed by atoms with Gasteiger partial charge in [0, 0.05) is 8.95 Å². The summed E-state index contributed by atoms with van der Waals surface area (Å²) in [7, 11) is 0. The molecule has 0 saturated heterocycles. The van der Waals surface area contributed by atoms with Crippen LogP contribution < -0.4 is 15.2 Å². The minimum absolute atomic E-state index is 0.0603. The number of benzene rings is 4. The number of ether oxygens (including phenoxy) is 3. The van der Waals surface area contributed by atoms with Gasteiger partial charge in [-0.25, -0.2) is 4.99 Å². The summed E-state index contributed by atoms with van der Waals surface area (Å²) in [5.41, 5.74) is 8.73. The number of amidine groups is 1. The summed E-state index contributed by atoms with van der Waals surface area (Å²) < 4.78 is 65.3. The van der Waals surface area contributed by atoms with Crippen molar-refractivity contribution >= 4 is 43.5 Å². The average molecular weight is 708 g/mol. The van der Waals surface area contributed by atoms with E-state index in [-0.39, 0.29) is 24.1 Å². The molecular formula is C31H24Br2F4N2O3. The van der Waals surface area contributed by atoms with Crippen LogP contribution in [0.2, 0.25) is 0 Å². The van der Waals surface area contributed by atoms with E-state index in [9.17, 15) is 17.6 Å². The normalized spacial score (nSPS) is 15.9. The van der Waals surface area contributed by atoms with Crippen molar-refractivity contribution in [3.05, 3.63) is 135 Å². The number of halogens is 6. The summed E-state index contributed by atoms with van der Waals surface area (Å²) in [6.07, 6.45) is 0. The highest BCUT2D eigenvalue weighted by molar-refractivity contribution is 9.10. The van der Waals surface area contributed by atoms with Gasteiger partial charge in [-0.15, -0.1) is 0 Å². The number of rotatable bonds is 8. The molecule has 5 rings (SSSR count). The first-order valence-electron chi connectivity index (χ1n) is 12.4. The maximum absolute atomic E-state index is 12.5. The summed E-state index contributed by atoms with van der Waals surface area (Å²) in [5.74, 6) is 0.191. The van der Waals surface area contributed by atoms with Crippen molar-refractivity contribution in [1.29, 1.82) is 0 Å². The lowest BCUT2D eigenvalue weighted by Crippen LogP contribution is -2.27. The molecule has 0 saturated carbocycles. The summed E-state index contributed by atoms with van der Waals surface area (Å²) in [5, 5.41) is 0. The molecule has 2 N–H and O–H groups in total. The topological polar surface area (TPSA) is 66.1 Å². The molecule has 218 valence electrons. The van der Waals surface area contributed by atoms with Crippen molar-refractivity contribution in [3.63, 3.8) is 0 Å². The first-order chi connectivity index (χ1) is 20.1. The number of hydrogen-bond donors (Lipinski definition) is 1. The molecule has 0 bridgehead atoms. The smallest absolute Gasteiger partial charge is 0.387 e. The van der Waals surface area contributed by atoms with Crippen LogP contribution in [0, 0.1) is 0 Å². The van der Waals surface area contributed by atoms with Gasteiger partial charge in [-0.05, 0) is 76.4 Å². The Kier molecular flexibility index (Phi) is 10.3. The van der Waals surface area contributed by atoms with E-state index in [0.717, 1.165) is 31.2 Å². The zero-order valence-electron chi connectivity index (χ0n) is 21.8. The average Bonchev–Trinajstić information content (AvgIpc) is 3.35. The van der Waals surface area contributed by atoms with Crippen molar-refractivity contribution in [2.24, 2.45) is 10.7 Å². The van der Waals surface area contributed by atoms with Gasteiger partial charge in [-0.3, -0.25) is 0 Å². The quantitative estimate of drug-likeness (QED) is 0.186. The predicted molar refractivity (Wildman–Crippen MR) is 161 cm³/mol. The van der Waals surface area contributed by atoms with E-state index in [0.29, 0.717) is 5.56 Å². The van der Waals surface area contributed by atoms with Crippen LogP contribution in [-0.4, -0.2) is 25.9 Å². The van der Waals surface area contributed by atoms with Crippen molar-refractivity contribution < 1.29 is 31.8 Å². The third kappa shape index (κ3) is 7.92. The Morgan fingerprint density at radius 3 is 1.81 bits per heavy atom. The zero-order valence-corrected chi connectivity index (χ0v) is 25.0. The molecule has 42 heavy (non-hydrogen) atoms. The Morgan fingerprint density at radius 1 is 0.762 bits per heavy atom. The highest BCUT2D eigenvalue weighted by atomic mass is 79.9. The summed E-state index contributed by atoms with van der Waals surface area (Å²) in [6.45, 7) is -1.53. The van der Waals surface area contributed by atoms with Crippen molar-refractivity contribution in [1.82, 2.24) is 0 Å². The predicted octanol–water partition coefficient (Wildman–Crippen LogP) is 8.75. The van der Waals surface area contributed by atoms with Crippen molar-refractivity contribution in [2.75, 3.05) is 6.61 Å². The molecule has 0 aromatic heterocycles. The highest BCUT2D eigenvalue weighted by Gasteiger charge is 2.40. The van der Waals surface area contributed by atoms with Gasteiger partial charge < -0.3 is 19.9 Å². The van der Waals surface area contributed by atoms with E-state index in [4.69, 9.17) is 10.5 Å². The first-order valence-corrected chi connectivity index (χ1v) is 13.9. The maximum atomic E-state index is 12.5. The third-order valence-electron chi connectivity index (χ3n) is 6.15. The molecule has 5 nitrogen and oxygen atoms in total. The monoisotopic (exact) mass is 706 g/mol. The third-order valence-corrected chi connectivity index (χ3v) is 7.14. The molecule has 11 heteroatoms. The molecule has 1 atom stereocenters. The molecule has 4 aromatic rings. The van der Waals surface area contributed by atoms with Gasteiger partial charge in [0.15, 0.2) is 5.54 Å². The molecular weight excluding hydrogens is 684 g/mol. The lowest BCUT2D eigenvalue weighted by molar-refractivity contribution is -0.0505. The highest BCUT2D eigenvalue weighted by Crippen LogP contribution is 2.39. The lowest BCUT2D eigenvalue weighted by atomic mass is 9.84. The Balaban J connectivity index is 0.000000197. The van der Waals surface area contributed by atoms with Crippen LogP contribution in [0.3, 0.4) is 0 Å². The summed E-state index contributed by atoms with van der Waals surface area (Å²) >= 11 is 6.81. The second-order valence-corrected chi connectivity index (χ2v) is 10.7. The number of aliphatic imine (C=N–C) groups is 1. The van der Waals surface area contributed by atoms with Crippen LogP contribution in [0.4, 0.5) is 17.6 Å². The number of nitrogens with zero attached hydrogens (tertiary/aromatic N) is 1. The minimum atomic E-state index is -2.89. The van der Waals surface area contributed by atoms with Gasteiger partial charge in [-0.2, -0.15) is 17.6 Å². The van der Waals surface area contributed by atoms with Gasteiger partial charge in [0.05, 0.1) is 0 Å². The van der Waals surface area contributed by atoms with E-state index >= 15 is 0 Å². The fraction of sp³-hybridized carbons (Fsp3) is 0.129. The zero-order chi connectivity index (χ0) is 30.3. The molecule has 0 fully saturated rings. The van der Waals surface area contributed by atoms with Crippen LogP contribution in [0.5, 0.6) is 11.5 Å². The fourth-order valence-corrected chi connectivity index (χ4v) is 5.07. The van der Waals surface area contributed by atoms with Crippen LogP contribution in [0.25, 0.3) is 5.57 Å². The number of hydrogen-bond acceptors (Lipinski definition) is 5. The Hall–Kier alpha value is -3.83. The summed E-state index contributed by atoms with van der Waals surface area (Å²) in [4.78, 5) is 4.43. The largest absolute Gasteiger partial charge is 0.462 e. The Bertz CT molecular complexity index is 1590. The molecule has 1 heterocycles. The maximum Gasteiger partial charge on any atom is 0.387 e. The minimum Gasteiger partial charge on any atom is -0.462 e. The van der Waals surface area contributed by atoms with Gasteiger partial charge in [-0.1, -0.05) is 87.0 Å². The molecule has 0 aliphatic carbocycles. The van der Waals surface area contributed by atoms with E-state index < -0.39 is 18.8 Å². The lowest BCUT2D eigenvalue weighted by Gasteiger charge is -2.26. The molecule has 0 spiro atoms. The van der Waals surface area contributed by atoms with Crippen molar-refractivity contribution in [3.8, 4) is 11.5 Å². The van der Waals surface area contributed by atoms with Gasteiger partial charge in [0.25, 0.3) is 6.02 Å². The Morgan fingerprint density at radius 2 is 1.26 bits per heavy atom. The van der Waals surface area contributed by atoms with E-state index in [1.54, 1.807) is 24.3 Å². The van der Waals surface area contributed by atoms with Crippen LogP contribution in [0.15, 0.2) is 118 Å². The Labute approximate surface area is 256 Å². The first kappa shape index (κ1) is 31.1. The molecule has 0 amide bonds. The second kappa shape index (κ2) is 13.9. The van der Waals surface area contributed by atoms with Crippen LogP contribution in [0.1, 0.15) is 22.3 Å². The van der Waals surface area contributed by atoms with Crippen LogP contribution >= 0.6 is 31.9 Å². The van der Waals surface area contributed by atoms with Gasteiger partial charge in [0.2, 0.25) is 0 Å². The second-order valence-electron chi connectivity index (χ2n) is 8.91. The summed E-state index contributed by atoms with van der Waals surface area (Å²) in [6, 6.07) is 28.1. The molecule has 4 aromatic carbocycles. The fourth-order valence-electron chi connectivity index (χ4n) is 4.27. The van der Waals surface area contributed by atoms with Gasteiger partial charge in [0.1, 0.15) is 18.1 Å². The molecule has 0 radical (unpaired) electrons. The number of alkyl halides is 4. The van der Waals surface area contributed by atoms with E-state index in [2.05, 4.69) is 52.9 Å². The van der Waals surface area contributed by atoms with E-state index in [1.165, 1.54) is 18.2 Å². The molecule has 1 aliphatic rings. The van der Waals surface area contributed by atoms with Gasteiger partial charge >= 0.3 is 13.2 Å². The molecule has 1 unspecified atom stereocenters. The van der Waals surface area contributed by atoms with Crippen molar-refractivity contribution in [2.45, 2.75) is 18.8 Å².